The summed E-state index contributed by atoms with van der Waals surface area (Å²) in [5, 5.41) is 3.77. The monoisotopic (exact) mass is 489 g/mol. The Kier molecular flexibility index (Phi) is 4.85. The summed E-state index contributed by atoms with van der Waals surface area (Å²) in [6, 6.07) is 19.5. The van der Waals surface area contributed by atoms with Crippen molar-refractivity contribution >= 4 is 40.7 Å². The molecular formula is C27H21ClFN3O3. The zero-order chi connectivity index (χ0) is 24.5. The number of imide groups is 1. The Bertz CT molecular complexity index is 1390. The first-order valence-corrected chi connectivity index (χ1v) is 11.8. The van der Waals surface area contributed by atoms with Crippen molar-refractivity contribution in [2.24, 2.45) is 11.8 Å². The Morgan fingerprint density at radius 1 is 0.971 bits per heavy atom. The predicted octanol–water partition coefficient (Wildman–Crippen LogP) is 4.02. The van der Waals surface area contributed by atoms with Crippen LogP contribution in [0.2, 0.25) is 5.02 Å². The van der Waals surface area contributed by atoms with Gasteiger partial charge in [-0.1, -0.05) is 48.0 Å². The Morgan fingerprint density at radius 3 is 2.46 bits per heavy atom. The topological polar surface area (TPSA) is 69.7 Å². The zero-order valence-corrected chi connectivity index (χ0v) is 19.5. The predicted molar refractivity (Wildman–Crippen MR) is 129 cm³/mol. The average molecular weight is 490 g/mol. The fraction of sp³-hybridized carbons (Fsp3) is 0.222. The van der Waals surface area contributed by atoms with Crippen molar-refractivity contribution in [3.63, 3.8) is 0 Å². The first kappa shape index (κ1) is 21.9. The average Bonchev–Trinajstić information content (AvgIpc) is 3.39. The lowest BCUT2D eigenvalue weighted by atomic mass is 9.76. The van der Waals surface area contributed by atoms with Crippen LogP contribution in [0, 0.1) is 17.7 Å². The molecule has 3 aromatic carbocycles. The molecule has 1 spiro atoms. The highest BCUT2D eigenvalue weighted by molar-refractivity contribution is 6.31. The number of fused-ring (bicyclic) bond motifs is 4. The van der Waals surface area contributed by atoms with Crippen LogP contribution >= 0.6 is 11.6 Å². The number of halogens is 2. The molecule has 0 bridgehead atoms. The molecule has 1 N–H and O–H groups in total. The fourth-order valence-electron chi connectivity index (χ4n) is 5.91. The number of anilines is 2. The van der Waals surface area contributed by atoms with Crippen LogP contribution in [0.1, 0.15) is 18.1 Å². The van der Waals surface area contributed by atoms with Crippen LogP contribution in [-0.4, -0.2) is 23.8 Å². The summed E-state index contributed by atoms with van der Waals surface area (Å²) in [6.45, 7) is 2.04. The fourth-order valence-corrected chi connectivity index (χ4v) is 6.09. The summed E-state index contributed by atoms with van der Waals surface area (Å²) >= 11 is 6.14. The number of hydrogen-bond donors (Lipinski definition) is 1. The second kappa shape index (κ2) is 7.73. The van der Waals surface area contributed by atoms with E-state index in [9.17, 15) is 18.8 Å². The molecule has 2 saturated heterocycles. The summed E-state index contributed by atoms with van der Waals surface area (Å²) in [4.78, 5) is 44.4. The largest absolute Gasteiger partial charge is 0.306 e. The second-order valence-corrected chi connectivity index (χ2v) is 9.71. The van der Waals surface area contributed by atoms with Crippen molar-refractivity contribution in [3.8, 4) is 0 Å². The van der Waals surface area contributed by atoms with E-state index in [0.29, 0.717) is 22.0 Å². The summed E-state index contributed by atoms with van der Waals surface area (Å²) in [7, 11) is 0. The molecular weight excluding hydrogens is 469 g/mol. The molecule has 2 fully saturated rings. The van der Waals surface area contributed by atoms with E-state index in [1.54, 1.807) is 41.3 Å². The highest BCUT2D eigenvalue weighted by Gasteiger charge is 2.71. The number of nitrogens with one attached hydrogen (secondary N) is 1. The molecule has 0 saturated carbocycles. The zero-order valence-electron chi connectivity index (χ0n) is 18.7. The maximum Gasteiger partial charge on any atom is 0.253 e. The number of rotatable bonds is 3. The van der Waals surface area contributed by atoms with Crippen LogP contribution < -0.4 is 15.1 Å². The number of carbonyl (C=O) groups is 3. The van der Waals surface area contributed by atoms with Crippen LogP contribution in [0.5, 0.6) is 0 Å². The van der Waals surface area contributed by atoms with Gasteiger partial charge >= 0.3 is 0 Å². The maximum atomic E-state index is 14.2. The van der Waals surface area contributed by atoms with Crippen molar-refractivity contribution in [2.45, 2.75) is 25.0 Å². The van der Waals surface area contributed by atoms with Gasteiger partial charge in [0.05, 0.1) is 24.1 Å². The lowest BCUT2D eigenvalue weighted by Crippen LogP contribution is -2.54. The van der Waals surface area contributed by atoms with E-state index in [1.165, 1.54) is 17.0 Å². The third-order valence-corrected chi connectivity index (χ3v) is 7.57. The lowest BCUT2D eigenvalue weighted by molar-refractivity contribution is -0.132. The van der Waals surface area contributed by atoms with Crippen LogP contribution in [0.3, 0.4) is 0 Å². The summed E-state index contributed by atoms with van der Waals surface area (Å²) in [6.07, 6.45) is 0. The van der Waals surface area contributed by atoms with Gasteiger partial charge < -0.3 is 4.90 Å². The lowest BCUT2D eigenvalue weighted by Gasteiger charge is -2.30. The molecule has 6 rings (SSSR count). The van der Waals surface area contributed by atoms with Crippen LogP contribution in [-0.2, 0) is 26.5 Å². The minimum absolute atomic E-state index is 0.214. The van der Waals surface area contributed by atoms with Crippen molar-refractivity contribution in [1.29, 1.82) is 0 Å². The number of carbonyl (C=O) groups excluding carboxylic acids is 3. The van der Waals surface area contributed by atoms with Gasteiger partial charge in [0.15, 0.2) is 0 Å². The molecule has 0 aromatic heterocycles. The van der Waals surface area contributed by atoms with Crippen molar-refractivity contribution < 1.29 is 18.8 Å². The van der Waals surface area contributed by atoms with Crippen molar-refractivity contribution in [2.75, 3.05) is 9.80 Å². The van der Waals surface area contributed by atoms with E-state index in [1.807, 2.05) is 31.2 Å². The summed E-state index contributed by atoms with van der Waals surface area (Å²) in [5.74, 6) is -3.03. The quantitative estimate of drug-likeness (QED) is 0.564. The molecule has 8 heteroatoms. The highest BCUT2D eigenvalue weighted by atomic mass is 35.5. The smallest absolute Gasteiger partial charge is 0.253 e. The highest BCUT2D eigenvalue weighted by Crippen LogP contribution is 2.55. The number of para-hydroxylation sites is 1. The summed E-state index contributed by atoms with van der Waals surface area (Å²) in [5.41, 5.74) is 1.11. The number of nitrogens with zero attached hydrogens (tertiary/aromatic N) is 2. The minimum Gasteiger partial charge on any atom is -0.306 e. The number of amides is 3. The molecule has 4 atom stereocenters. The third kappa shape index (κ3) is 3.01. The van der Waals surface area contributed by atoms with Gasteiger partial charge in [0.25, 0.3) is 5.91 Å². The molecule has 0 unspecified atom stereocenters. The van der Waals surface area contributed by atoms with E-state index in [0.717, 1.165) is 5.56 Å². The van der Waals surface area contributed by atoms with Crippen molar-refractivity contribution in [1.82, 2.24) is 5.32 Å². The van der Waals surface area contributed by atoms with Gasteiger partial charge in [0, 0.05) is 22.3 Å². The van der Waals surface area contributed by atoms with Crippen LogP contribution in [0.25, 0.3) is 0 Å². The molecule has 0 radical (unpaired) electrons. The van der Waals surface area contributed by atoms with Crippen LogP contribution in [0.4, 0.5) is 15.8 Å². The first-order valence-electron chi connectivity index (χ1n) is 11.4. The molecule has 3 amide bonds. The van der Waals surface area contributed by atoms with Gasteiger partial charge in [-0.05, 0) is 48.9 Å². The van der Waals surface area contributed by atoms with Gasteiger partial charge in [-0.25, -0.2) is 9.29 Å². The molecule has 3 aromatic rings. The molecule has 3 aliphatic heterocycles. The van der Waals surface area contributed by atoms with Gasteiger partial charge in [-0.2, -0.15) is 0 Å². The van der Waals surface area contributed by atoms with Gasteiger partial charge in [0.1, 0.15) is 11.4 Å². The molecule has 176 valence electrons. The standard InChI is InChI=1S/C27H21ClFN3O3/c1-15-22-23(25(34)32(24(22)33)19-6-4-5-17(28)13-19)27(30-15)20-7-2-3-8-21(20)31(26(27)35)14-16-9-11-18(29)12-10-16/h2-13,15,22-23,30H,14H2,1H3/t15-,22+,23+,27-/m0/s1. The van der Waals surface area contributed by atoms with Gasteiger partial charge in [-0.15, -0.1) is 0 Å². The molecule has 35 heavy (non-hydrogen) atoms. The van der Waals surface area contributed by atoms with Gasteiger partial charge in [-0.3, -0.25) is 19.7 Å². The van der Waals surface area contributed by atoms with E-state index in [2.05, 4.69) is 5.32 Å². The minimum atomic E-state index is -1.37. The van der Waals surface area contributed by atoms with Crippen molar-refractivity contribution in [3.05, 3.63) is 94.8 Å². The van der Waals surface area contributed by atoms with E-state index < -0.39 is 29.3 Å². The Hall–Kier alpha value is -3.55. The molecule has 3 heterocycles. The van der Waals surface area contributed by atoms with Gasteiger partial charge in [0.2, 0.25) is 11.8 Å². The molecule has 0 aliphatic carbocycles. The van der Waals surface area contributed by atoms with Crippen LogP contribution in [0.15, 0.2) is 72.8 Å². The second-order valence-electron chi connectivity index (χ2n) is 9.27. The van der Waals surface area contributed by atoms with E-state index in [4.69, 9.17) is 11.6 Å². The summed E-state index contributed by atoms with van der Waals surface area (Å²) < 4.78 is 13.5. The Morgan fingerprint density at radius 2 is 1.71 bits per heavy atom. The Labute approximate surface area is 206 Å². The van der Waals surface area contributed by atoms with E-state index >= 15 is 0 Å². The maximum absolute atomic E-state index is 14.2. The first-order chi connectivity index (χ1) is 16.8. The molecule has 6 nitrogen and oxygen atoms in total. The number of benzene rings is 3. The Balaban J connectivity index is 1.46. The number of hydrogen-bond acceptors (Lipinski definition) is 4. The molecule has 3 aliphatic rings. The van der Waals surface area contributed by atoms with E-state index in [-0.39, 0.29) is 24.2 Å². The normalized spacial score (nSPS) is 27.2. The third-order valence-electron chi connectivity index (χ3n) is 7.33. The SMILES string of the molecule is C[C@@H]1N[C@]2(C(=O)N(Cc3ccc(F)cc3)c3ccccc32)[C@H]2C(=O)N(c3cccc(Cl)c3)C(=O)[C@H]12.